The molecule has 4 aromatic carbocycles. The predicted molar refractivity (Wildman–Crippen MR) is 311 cm³/mol. The minimum Gasteiger partial charge on any atom is -0.353 e. The zero-order valence-corrected chi connectivity index (χ0v) is 51.0. The Morgan fingerprint density at radius 2 is 0.647 bits per heavy atom. The third kappa shape index (κ3) is 14.9. The Morgan fingerprint density at radius 1 is 0.397 bits per heavy atom. The van der Waals surface area contributed by atoms with E-state index in [-0.39, 0.29) is 22.2 Å². The van der Waals surface area contributed by atoms with E-state index in [9.17, 15) is 0 Å². The van der Waals surface area contributed by atoms with E-state index < -0.39 is 15.5 Å². The summed E-state index contributed by atoms with van der Waals surface area (Å²) >= 11 is 0. The summed E-state index contributed by atoms with van der Waals surface area (Å²) in [5, 5.41) is 3.05. The maximum absolute atomic E-state index is 5.88. The molecule has 0 unspecified atom stereocenters. The second kappa shape index (κ2) is 22.9. The van der Waals surface area contributed by atoms with Gasteiger partial charge in [0.05, 0.1) is 11.1 Å². The predicted octanol–water partition coefficient (Wildman–Crippen LogP) is 17.0. The first-order valence-electron chi connectivity index (χ1n) is 25.7. The van der Waals surface area contributed by atoms with Gasteiger partial charge in [-0.05, 0) is 152 Å². The number of aliphatic imine (C=N–C) groups is 2. The van der Waals surface area contributed by atoms with Gasteiger partial charge in [-0.15, -0.1) is 0 Å². The van der Waals surface area contributed by atoms with Crippen LogP contribution in [0.1, 0.15) is 246 Å². The molecule has 0 spiro atoms. The van der Waals surface area contributed by atoms with Crippen molar-refractivity contribution in [3.8, 4) is 0 Å². The molecule has 0 aliphatic heterocycles. The van der Waals surface area contributed by atoms with Crippen molar-refractivity contribution in [1.82, 2.24) is 9.13 Å². The van der Waals surface area contributed by atoms with Gasteiger partial charge in [-0.1, -0.05) is 183 Å². The Kier molecular flexibility index (Phi) is 19.4. The molecular weight excluding hydrogens is 895 g/mol. The van der Waals surface area contributed by atoms with Crippen LogP contribution in [0.15, 0.2) is 94.9 Å². The van der Waals surface area contributed by atoms with Crippen LogP contribution in [0.5, 0.6) is 0 Å². The fourth-order valence-corrected chi connectivity index (χ4v) is 32.1. The Balaban J connectivity index is 2.62. The summed E-state index contributed by atoms with van der Waals surface area (Å²) in [4.78, 5) is 11.8. The molecule has 0 saturated carbocycles. The summed E-state index contributed by atoms with van der Waals surface area (Å²) in [6.07, 6.45) is 0. The number of hydrogen-bond acceptors (Lipinski definition) is 2. The molecule has 0 N–H and O–H groups in total. The van der Waals surface area contributed by atoms with E-state index in [1.165, 1.54) is 70.6 Å². The molecule has 0 aromatic heterocycles. The smallest absolute Gasteiger partial charge is 0.202 e. The topological polar surface area (TPSA) is 31.2 Å². The van der Waals surface area contributed by atoms with Crippen molar-refractivity contribution < 1.29 is 0 Å². The molecule has 0 aliphatic rings. The number of rotatable bonds is 13. The van der Waals surface area contributed by atoms with Gasteiger partial charge in [0.2, 0.25) is 15.5 Å². The third-order valence-corrected chi connectivity index (χ3v) is 30.7. The molecule has 4 rings (SSSR count). The van der Waals surface area contributed by atoms with Crippen LogP contribution in [0.25, 0.3) is 0 Å². The number of nitrogens with zero attached hydrogens (tertiary/aromatic N) is 4. The van der Waals surface area contributed by atoms with Crippen LogP contribution in [0.3, 0.4) is 0 Å². The number of hydrogen-bond donors (Lipinski definition) is 0. The molecule has 0 aliphatic carbocycles. The highest BCUT2D eigenvalue weighted by Gasteiger charge is 2.41. The summed E-state index contributed by atoms with van der Waals surface area (Å²) in [5.74, 6) is 4.50. The van der Waals surface area contributed by atoms with E-state index in [0.717, 1.165) is 11.7 Å². The van der Waals surface area contributed by atoms with E-state index in [4.69, 9.17) is 9.98 Å². The van der Waals surface area contributed by atoms with Crippen molar-refractivity contribution in [1.29, 1.82) is 0 Å². The molecule has 4 nitrogen and oxygen atoms in total. The lowest BCUT2D eigenvalue weighted by Gasteiger charge is -2.46. The maximum Gasteiger partial charge on any atom is 0.202 e. The molecule has 0 heterocycles. The Labute approximate surface area is 423 Å². The highest BCUT2D eigenvalue weighted by Crippen LogP contribution is 2.36. The van der Waals surface area contributed by atoms with Crippen LogP contribution in [0, 0.1) is 0 Å². The molecule has 0 amide bonds. The SMILES string of the molecule is CC(C)c1cc(C(C)C)c(P=[Si](N(C(=NC(C)(C)C)c2ccccc2)C(C)(C)C)[Si](=Pc2c(C(C)C)cc(C(C)C)cc2C(C)C)N(C(=NC(C)(C)C)c2ccccc2)C(C)(C)C)c(C(C)C)c1. The van der Waals surface area contributed by atoms with Crippen LogP contribution in [0.2, 0.25) is 0 Å². The van der Waals surface area contributed by atoms with Crippen molar-refractivity contribution in [2.24, 2.45) is 9.98 Å². The first-order chi connectivity index (χ1) is 31.2. The fraction of sp³-hybridized carbons (Fsp3) is 0.567. The van der Waals surface area contributed by atoms with Gasteiger partial charge in [0, 0.05) is 32.8 Å². The van der Waals surface area contributed by atoms with Crippen molar-refractivity contribution in [3.63, 3.8) is 0 Å². The quantitative estimate of drug-likeness (QED) is 0.0578. The summed E-state index contributed by atoms with van der Waals surface area (Å²) < 4.78 is 5.83. The monoisotopic (exact) mass is 987 g/mol. The lowest BCUT2D eigenvalue weighted by molar-refractivity contribution is 0.345. The van der Waals surface area contributed by atoms with Crippen molar-refractivity contribution in [2.45, 2.75) is 224 Å². The van der Waals surface area contributed by atoms with E-state index in [1.807, 2.05) is 0 Å². The van der Waals surface area contributed by atoms with Gasteiger partial charge < -0.3 is 9.13 Å². The van der Waals surface area contributed by atoms with Gasteiger partial charge in [0.15, 0.2) is 0 Å². The zero-order valence-electron chi connectivity index (χ0n) is 47.2. The number of amidine groups is 2. The first kappa shape index (κ1) is 57.4. The van der Waals surface area contributed by atoms with Crippen LogP contribution >= 0.6 is 15.4 Å². The molecule has 0 bridgehead atoms. The van der Waals surface area contributed by atoms with Gasteiger partial charge in [-0.3, -0.25) is 9.98 Å². The highest BCUT2D eigenvalue weighted by atomic mass is 31.3. The van der Waals surface area contributed by atoms with Gasteiger partial charge >= 0.3 is 0 Å². The second-order valence-electron chi connectivity index (χ2n) is 24.9. The Hall–Kier alpha value is -3.15. The Bertz CT molecular complexity index is 2220. The van der Waals surface area contributed by atoms with Crippen molar-refractivity contribution >= 4 is 53.2 Å². The van der Waals surface area contributed by atoms with Gasteiger partial charge in [-0.2, -0.15) is 0 Å². The summed E-state index contributed by atoms with van der Waals surface area (Å²) in [6.45, 7) is 57.2. The van der Waals surface area contributed by atoms with E-state index >= 15 is 0 Å². The van der Waals surface area contributed by atoms with Crippen molar-refractivity contribution in [3.05, 3.63) is 129 Å². The van der Waals surface area contributed by atoms with Gasteiger partial charge in [0.1, 0.15) is 11.7 Å². The number of benzene rings is 4. The second-order valence-corrected chi connectivity index (χ2v) is 37.6. The largest absolute Gasteiger partial charge is 0.353 e. The van der Waals surface area contributed by atoms with Gasteiger partial charge in [-0.25, -0.2) is 0 Å². The van der Waals surface area contributed by atoms with Crippen LogP contribution in [-0.2, 0) is 0 Å². The highest BCUT2D eigenvalue weighted by molar-refractivity contribution is 7.80. The molecule has 68 heavy (non-hydrogen) atoms. The molecule has 0 radical (unpaired) electrons. The van der Waals surface area contributed by atoms with Crippen LogP contribution < -0.4 is 10.6 Å². The zero-order chi connectivity index (χ0) is 51.4. The molecule has 370 valence electrons. The lowest BCUT2D eigenvalue weighted by Crippen LogP contribution is -2.62. The molecule has 4 aromatic rings. The minimum absolute atomic E-state index is 0.304. The molecular formula is C60H92N4P2Si2. The van der Waals surface area contributed by atoms with E-state index in [0.29, 0.717) is 35.5 Å². The normalized spacial score (nSPS) is 14.1. The average molecular weight is 988 g/mol. The van der Waals surface area contributed by atoms with Gasteiger partial charge in [0.25, 0.3) is 0 Å². The maximum atomic E-state index is 5.88. The standard InChI is InChI=1S/C60H92N4P2Si2/c1-39(2)47-35-49(41(5)6)53(50(36-47)42(7)8)65-67(63(59(19,20)21)55(61-57(13,14)15)45-31-27-25-28-32-45)68(66-54-51(43(9)10)37-48(40(3)4)38-52(54)44(11)12)64(60(22,23)24)56(62-58(16,17)18)46-33-29-26-30-34-46/h25-44H,1-24H3. The van der Waals surface area contributed by atoms with Crippen molar-refractivity contribution in [2.75, 3.05) is 0 Å². The average Bonchev–Trinajstić information content (AvgIpc) is 3.20. The first-order valence-corrected chi connectivity index (χ1v) is 33.0. The fourth-order valence-electron chi connectivity index (χ4n) is 8.47. The van der Waals surface area contributed by atoms with E-state index in [2.05, 4.69) is 260 Å². The third-order valence-electron chi connectivity index (χ3n) is 12.0. The lowest BCUT2D eigenvalue weighted by atomic mass is 9.89. The van der Waals surface area contributed by atoms with E-state index in [1.54, 1.807) is 0 Å². The Morgan fingerprint density at radius 3 is 0.838 bits per heavy atom. The molecule has 8 heteroatoms. The van der Waals surface area contributed by atoms with Crippen LogP contribution in [0.4, 0.5) is 0 Å². The van der Waals surface area contributed by atoms with Crippen LogP contribution in [-0.4, -0.2) is 58.4 Å². The molecule has 0 fully saturated rings. The summed E-state index contributed by atoms with van der Waals surface area (Å²) in [5.41, 5.74) is 9.93. The molecule has 0 atom stereocenters. The summed E-state index contributed by atoms with van der Waals surface area (Å²) in [7, 11) is -0.769. The summed E-state index contributed by atoms with van der Waals surface area (Å²) in [6, 6.07) is 32.6. The minimum atomic E-state index is -1.78. The molecule has 0 saturated heterocycles.